The van der Waals surface area contributed by atoms with E-state index in [2.05, 4.69) is 0 Å². The molecule has 0 heterocycles. The van der Waals surface area contributed by atoms with Crippen LogP contribution in [0, 0.1) is 0 Å². The molecule has 0 amide bonds. The first-order valence-corrected chi connectivity index (χ1v) is 1.52. The Morgan fingerprint density at radius 2 is 1.67 bits per heavy atom. The normalized spacial score (nSPS) is 5.00. The van der Waals surface area contributed by atoms with Crippen molar-refractivity contribution >= 4 is 0 Å². The van der Waals surface area contributed by atoms with Crippen LogP contribution in [0.1, 0.15) is 13.3 Å². The van der Waals surface area contributed by atoms with Crippen LogP contribution >= 0.6 is 0 Å². The maximum atomic E-state index is 7.88. The molecule has 0 radical (unpaired) electrons. The number of halogens is 1. The van der Waals surface area contributed by atoms with Crippen LogP contribution in [0.15, 0.2) is 0 Å². The Morgan fingerprint density at radius 1 is 1.50 bits per heavy atom. The van der Waals surface area contributed by atoms with Gasteiger partial charge in [0, 0.05) is 6.61 Å². The zero-order chi connectivity index (χ0) is 3.41. The van der Waals surface area contributed by atoms with Gasteiger partial charge in [0.2, 0.25) is 0 Å². The zero-order valence-electron chi connectivity index (χ0n) is 4.24. The molecule has 0 aliphatic heterocycles. The fourth-order valence-corrected chi connectivity index (χ4v) is 0. The Labute approximate surface area is 44.6 Å². The molecule has 0 unspecified atom stereocenters. The number of aliphatic hydroxyl groups excluding tert-OH is 1. The topological polar surface area (TPSA) is 56.7 Å². The maximum Gasteiger partial charge on any atom is 0.0428 e. The standard InChI is InChI=1S/C3H8O.ClH.H3N/c1-2-3-4;;/h4H,2-3H2,1H3;1H;1H3. The largest absolute Gasteiger partial charge is 1.00 e. The number of quaternary nitrogens is 1. The summed E-state index contributed by atoms with van der Waals surface area (Å²) in [6.45, 7) is 2.25. The maximum absolute atomic E-state index is 7.88. The van der Waals surface area contributed by atoms with Crippen molar-refractivity contribution < 1.29 is 17.5 Å². The average molecular weight is 114 g/mol. The highest BCUT2D eigenvalue weighted by atomic mass is 35.5. The summed E-state index contributed by atoms with van der Waals surface area (Å²) in [5.74, 6) is 0. The second-order valence-corrected chi connectivity index (χ2v) is 0.724. The van der Waals surface area contributed by atoms with Crippen molar-refractivity contribution in [3.05, 3.63) is 0 Å². The van der Waals surface area contributed by atoms with E-state index < -0.39 is 0 Å². The van der Waals surface area contributed by atoms with Gasteiger partial charge >= 0.3 is 0 Å². The van der Waals surface area contributed by atoms with Crippen molar-refractivity contribution in [2.45, 2.75) is 13.3 Å². The van der Waals surface area contributed by atoms with Gasteiger partial charge in [-0.15, -0.1) is 0 Å². The van der Waals surface area contributed by atoms with Crippen LogP contribution in [0.2, 0.25) is 0 Å². The molecule has 0 saturated heterocycles. The molecule has 0 rings (SSSR count). The molecule has 0 aromatic heterocycles. The first kappa shape index (κ1) is 16.4. The highest BCUT2D eigenvalue weighted by Gasteiger charge is 1.57. The molecule has 0 bridgehead atoms. The molecule has 0 saturated carbocycles. The van der Waals surface area contributed by atoms with Crippen LogP contribution in [0.4, 0.5) is 0 Å². The van der Waals surface area contributed by atoms with Gasteiger partial charge in [-0.3, -0.25) is 0 Å². The Balaban J connectivity index is -0.0000000450. The molecule has 0 aliphatic carbocycles. The van der Waals surface area contributed by atoms with Gasteiger partial charge in [-0.05, 0) is 6.42 Å². The van der Waals surface area contributed by atoms with E-state index in [-0.39, 0.29) is 18.6 Å². The summed E-state index contributed by atoms with van der Waals surface area (Å²) in [5.41, 5.74) is 0. The molecule has 2 nitrogen and oxygen atoms in total. The number of rotatable bonds is 1. The first-order valence-electron chi connectivity index (χ1n) is 1.52. The summed E-state index contributed by atoms with van der Waals surface area (Å²) in [6.07, 6.45) is 0.875. The third-order valence-corrected chi connectivity index (χ3v) is 0.224. The van der Waals surface area contributed by atoms with E-state index in [1.807, 2.05) is 6.92 Å². The second-order valence-electron chi connectivity index (χ2n) is 0.724. The van der Waals surface area contributed by atoms with Crippen molar-refractivity contribution in [1.82, 2.24) is 6.15 Å². The summed E-state index contributed by atoms with van der Waals surface area (Å²) in [4.78, 5) is 0. The molecule has 42 valence electrons. The molecule has 0 aromatic carbocycles. The molecule has 3 heteroatoms. The molecular formula is C3H12ClNO. The lowest BCUT2D eigenvalue weighted by Crippen LogP contribution is -3.00. The van der Waals surface area contributed by atoms with Crippen LogP contribution < -0.4 is 18.6 Å². The van der Waals surface area contributed by atoms with Gasteiger partial charge in [-0.1, -0.05) is 6.92 Å². The smallest absolute Gasteiger partial charge is 0.0428 e. The van der Waals surface area contributed by atoms with E-state index in [0.29, 0.717) is 6.61 Å². The van der Waals surface area contributed by atoms with Crippen LogP contribution in [-0.4, -0.2) is 11.7 Å². The lowest BCUT2D eigenvalue weighted by Gasteiger charge is -1.69. The van der Waals surface area contributed by atoms with Gasteiger partial charge in [0.05, 0.1) is 0 Å². The van der Waals surface area contributed by atoms with E-state index in [1.165, 1.54) is 0 Å². The quantitative estimate of drug-likeness (QED) is 0.397. The SMILES string of the molecule is CCCO.[Cl-].[NH4+]. The lowest BCUT2D eigenvalue weighted by atomic mass is 10.5. The predicted octanol–water partition coefficient (Wildman–Crippen LogP) is -2.23. The second kappa shape index (κ2) is 18.9. The molecule has 0 atom stereocenters. The molecule has 0 spiro atoms. The van der Waals surface area contributed by atoms with E-state index in [4.69, 9.17) is 5.11 Å². The average Bonchev–Trinajstić information content (AvgIpc) is 1.37. The Bertz CT molecular complexity index is 12.8. The third kappa shape index (κ3) is 29.6. The van der Waals surface area contributed by atoms with Gasteiger partial charge < -0.3 is 23.7 Å². The Morgan fingerprint density at radius 3 is 1.67 bits per heavy atom. The van der Waals surface area contributed by atoms with E-state index in [0.717, 1.165) is 6.42 Å². The van der Waals surface area contributed by atoms with E-state index >= 15 is 0 Å². The van der Waals surface area contributed by atoms with Crippen molar-refractivity contribution in [3.63, 3.8) is 0 Å². The fourth-order valence-electron chi connectivity index (χ4n) is 0. The fraction of sp³-hybridized carbons (Fsp3) is 1.00. The number of hydrogen-bond acceptors (Lipinski definition) is 1. The van der Waals surface area contributed by atoms with Crippen LogP contribution in [0.3, 0.4) is 0 Å². The predicted molar refractivity (Wildman–Crippen MR) is 23.4 cm³/mol. The molecular weight excluding hydrogens is 101 g/mol. The highest BCUT2D eigenvalue weighted by Crippen LogP contribution is 1.61. The lowest BCUT2D eigenvalue weighted by molar-refractivity contribution is -0.00000248. The summed E-state index contributed by atoms with van der Waals surface area (Å²) >= 11 is 0. The third-order valence-electron chi connectivity index (χ3n) is 0.224. The molecule has 0 aliphatic rings. The molecule has 5 N–H and O–H groups in total. The van der Waals surface area contributed by atoms with Gasteiger partial charge in [0.25, 0.3) is 0 Å². The van der Waals surface area contributed by atoms with Crippen molar-refractivity contribution in [2.75, 3.05) is 6.61 Å². The van der Waals surface area contributed by atoms with Gasteiger partial charge in [0.15, 0.2) is 0 Å². The Kier molecular flexibility index (Phi) is 51.5. The van der Waals surface area contributed by atoms with E-state index in [1.54, 1.807) is 0 Å². The number of hydrogen-bond donors (Lipinski definition) is 2. The zero-order valence-corrected chi connectivity index (χ0v) is 5.00. The first-order chi connectivity index (χ1) is 1.91. The molecule has 0 fully saturated rings. The summed E-state index contributed by atoms with van der Waals surface area (Å²) in [5, 5.41) is 7.88. The van der Waals surface area contributed by atoms with Crippen molar-refractivity contribution in [3.8, 4) is 0 Å². The minimum Gasteiger partial charge on any atom is -1.00 e. The van der Waals surface area contributed by atoms with Gasteiger partial charge in [0.1, 0.15) is 0 Å². The minimum absolute atomic E-state index is 0. The minimum atomic E-state index is 0. The van der Waals surface area contributed by atoms with E-state index in [9.17, 15) is 0 Å². The van der Waals surface area contributed by atoms with Crippen LogP contribution in [0.5, 0.6) is 0 Å². The highest BCUT2D eigenvalue weighted by molar-refractivity contribution is 4.10. The summed E-state index contributed by atoms with van der Waals surface area (Å²) < 4.78 is 0. The van der Waals surface area contributed by atoms with Gasteiger partial charge in [-0.25, -0.2) is 0 Å². The monoisotopic (exact) mass is 113 g/mol. The van der Waals surface area contributed by atoms with Gasteiger partial charge in [-0.2, -0.15) is 0 Å². The van der Waals surface area contributed by atoms with Crippen LogP contribution in [0.25, 0.3) is 0 Å². The molecule has 6 heavy (non-hydrogen) atoms. The Hall–Kier alpha value is 0.210. The number of aliphatic hydroxyl groups is 1. The summed E-state index contributed by atoms with van der Waals surface area (Å²) in [7, 11) is 0. The summed E-state index contributed by atoms with van der Waals surface area (Å²) in [6, 6.07) is 0. The van der Waals surface area contributed by atoms with Crippen molar-refractivity contribution in [2.24, 2.45) is 0 Å². The van der Waals surface area contributed by atoms with Crippen molar-refractivity contribution in [1.29, 1.82) is 0 Å². The van der Waals surface area contributed by atoms with Crippen LogP contribution in [-0.2, 0) is 0 Å². The molecule has 0 aromatic rings.